The lowest BCUT2D eigenvalue weighted by Gasteiger charge is -2.35. The van der Waals surface area contributed by atoms with Crippen LogP contribution in [-0.4, -0.2) is 43.0 Å². The van der Waals surface area contributed by atoms with Gasteiger partial charge in [0.2, 0.25) is 0 Å². The van der Waals surface area contributed by atoms with Crippen LogP contribution in [0.1, 0.15) is 47.5 Å². The van der Waals surface area contributed by atoms with Gasteiger partial charge in [0, 0.05) is 32.8 Å². The lowest BCUT2D eigenvalue weighted by atomic mass is 9.76. The summed E-state index contributed by atoms with van der Waals surface area (Å²) in [4.78, 5) is 27.0. The van der Waals surface area contributed by atoms with E-state index in [1.807, 2.05) is 25.8 Å². The number of Topliss-reactive ketones (excluding diaryl/α,β-unsaturated/α-hetero) is 1. The van der Waals surface area contributed by atoms with Gasteiger partial charge in [0.25, 0.3) is 0 Å². The number of carbonyl (C=O) groups excluding carboxylic acids is 2. The number of hydrogen-bond acceptors (Lipinski definition) is 5. The molecule has 1 heterocycles. The Kier molecular flexibility index (Phi) is 6.40. The summed E-state index contributed by atoms with van der Waals surface area (Å²) in [6, 6.07) is 0. The molecule has 0 saturated carbocycles. The van der Waals surface area contributed by atoms with Crippen molar-refractivity contribution >= 4 is 11.8 Å². The molecule has 23 heavy (non-hydrogen) atoms. The highest BCUT2D eigenvalue weighted by Crippen LogP contribution is 2.33. The Bertz CT molecular complexity index is 472. The van der Waals surface area contributed by atoms with Crippen molar-refractivity contribution in [3.63, 3.8) is 0 Å². The predicted molar refractivity (Wildman–Crippen MR) is 89.6 cm³/mol. The highest BCUT2D eigenvalue weighted by molar-refractivity contribution is 6.04. The Morgan fingerprint density at radius 1 is 1.22 bits per heavy atom. The summed E-state index contributed by atoms with van der Waals surface area (Å²) in [7, 11) is 3.62. The van der Waals surface area contributed by atoms with Crippen LogP contribution >= 0.6 is 0 Å². The molecular weight excluding hydrogens is 294 g/mol. The van der Waals surface area contributed by atoms with Crippen LogP contribution in [-0.2, 0) is 19.1 Å². The number of methoxy groups -OCH3 is 1. The zero-order valence-electron chi connectivity index (χ0n) is 15.5. The first-order valence-corrected chi connectivity index (χ1v) is 8.19. The van der Waals surface area contributed by atoms with Crippen LogP contribution in [0.25, 0.3) is 0 Å². The van der Waals surface area contributed by atoms with Gasteiger partial charge in [-0.05, 0) is 39.5 Å². The minimum absolute atomic E-state index is 0.112. The molecule has 0 spiro atoms. The van der Waals surface area contributed by atoms with E-state index >= 15 is 0 Å². The van der Waals surface area contributed by atoms with Crippen molar-refractivity contribution in [3.8, 4) is 0 Å². The molecule has 0 amide bonds. The van der Waals surface area contributed by atoms with Crippen LogP contribution < -0.4 is 0 Å². The molecule has 1 aliphatic rings. The molecule has 0 aromatic carbocycles. The summed E-state index contributed by atoms with van der Waals surface area (Å²) >= 11 is 0. The second-order valence-corrected chi connectivity index (χ2v) is 7.69. The van der Waals surface area contributed by atoms with Crippen molar-refractivity contribution in [1.82, 2.24) is 4.90 Å². The molecule has 3 unspecified atom stereocenters. The van der Waals surface area contributed by atoms with E-state index in [2.05, 4.69) is 6.92 Å². The second kappa shape index (κ2) is 7.47. The fraction of sp³-hybridized carbons (Fsp3) is 0.778. The summed E-state index contributed by atoms with van der Waals surface area (Å²) < 4.78 is 10.9. The van der Waals surface area contributed by atoms with E-state index in [4.69, 9.17) is 9.47 Å². The van der Waals surface area contributed by atoms with Gasteiger partial charge in [0.15, 0.2) is 5.78 Å². The Balaban J connectivity index is 3.13. The topological polar surface area (TPSA) is 55.8 Å². The van der Waals surface area contributed by atoms with Gasteiger partial charge in [-0.25, -0.2) is 0 Å². The third-order valence-electron chi connectivity index (χ3n) is 4.68. The molecular formula is C18H31NO4. The van der Waals surface area contributed by atoms with E-state index in [-0.39, 0.29) is 11.7 Å². The maximum absolute atomic E-state index is 12.7. The average Bonchev–Trinajstić information content (AvgIpc) is 2.44. The molecule has 1 rings (SSSR count). The van der Waals surface area contributed by atoms with E-state index in [1.54, 1.807) is 27.2 Å². The smallest absolute Gasteiger partial charge is 0.323 e. The lowest BCUT2D eigenvalue weighted by molar-refractivity contribution is -0.155. The number of rotatable bonds is 1. The molecule has 3 atom stereocenters. The van der Waals surface area contributed by atoms with Crippen LogP contribution in [0.3, 0.4) is 0 Å². The maximum Gasteiger partial charge on any atom is 0.323 e. The largest absolute Gasteiger partial charge is 0.432 e. The minimum atomic E-state index is -1.17. The standard InChI is InChI=1S/C18H31NO4/c1-13-10-18(5,22-7)11-14(2)15(20)17(3,4)16(21)23-9-8-19(6)12-13/h8-9,13-14H,10-12H2,1-7H3. The van der Waals surface area contributed by atoms with Crippen molar-refractivity contribution in [3.05, 3.63) is 12.5 Å². The number of ketones is 1. The van der Waals surface area contributed by atoms with Crippen molar-refractivity contribution < 1.29 is 19.1 Å². The third kappa shape index (κ3) is 5.06. The lowest BCUT2D eigenvalue weighted by Crippen LogP contribution is -2.41. The zero-order valence-corrected chi connectivity index (χ0v) is 15.5. The van der Waals surface area contributed by atoms with E-state index in [0.29, 0.717) is 12.3 Å². The monoisotopic (exact) mass is 325 g/mol. The minimum Gasteiger partial charge on any atom is -0.432 e. The van der Waals surface area contributed by atoms with Gasteiger partial charge in [0.1, 0.15) is 11.7 Å². The molecule has 0 aromatic heterocycles. The van der Waals surface area contributed by atoms with Gasteiger partial charge in [-0.15, -0.1) is 0 Å². The van der Waals surface area contributed by atoms with E-state index in [1.165, 1.54) is 6.26 Å². The van der Waals surface area contributed by atoms with Crippen molar-refractivity contribution in [1.29, 1.82) is 0 Å². The third-order valence-corrected chi connectivity index (χ3v) is 4.68. The van der Waals surface area contributed by atoms with Gasteiger partial charge in [0.05, 0.1) is 5.60 Å². The van der Waals surface area contributed by atoms with Gasteiger partial charge in [-0.1, -0.05) is 13.8 Å². The maximum atomic E-state index is 12.7. The molecule has 0 fully saturated rings. The molecule has 0 saturated heterocycles. The van der Waals surface area contributed by atoms with Crippen LogP contribution in [0.15, 0.2) is 12.5 Å². The van der Waals surface area contributed by atoms with Gasteiger partial charge >= 0.3 is 5.97 Å². The molecule has 0 bridgehead atoms. The van der Waals surface area contributed by atoms with Crippen LogP contribution in [0.4, 0.5) is 0 Å². The van der Waals surface area contributed by atoms with E-state index < -0.39 is 17.0 Å². The van der Waals surface area contributed by atoms with Crippen LogP contribution in [0.2, 0.25) is 0 Å². The quantitative estimate of drug-likeness (QED) is 0.548. The fourth-order valence-corrected chi connectivity index (χ4v) is 3.40. The predicted octanol–water partition coefficient (Wildman–Crippen LogP) is 3.00. The summed E-state index contributed by atoms with van der Waals surface area (Å²) in [5.41, 5.74) is -1.57. The molecule has 0 aliphatic carbocycles. The summed E-state index contributed by atoms with van der Waals surface area (Å²) in [6.45, 7) is 10.1. The Morgan fingerprint density at radius 2 is 1.83 bits per heavy atom. The van der Waals surface area contributed by atoms with Crippen molar-refractivity contribution in [2.45, 2.75) is 53.1 Å². The summed E-state index contributed by atoms with van der Waals surface area (Å²) in [5.74, 6) is -0.539. The molecule has 5 nitrogen and oxygen atoms in total. The second-order valence-electron chi connectivity index (χ2n) is 7.69. The Morgan fingerprint density at radius 3 is 2.39 bits per heavy atom. The average molecular weight is 325 g/mol. The van der Waals surface area contributed by atoms with Crippen LogP contribution in [0.5, 0.6) is 0 Å². The highest BCUT2D eigenvalue weighted by Gasteiger charge is 2.42. The summed E-state index contributed by atoms with van der Waals surface area (Å²) in [5, 5.41) is 0. The molecule has 0 radical (unpaired) electrons. The number of cyclic esters (lactones) is 1. The highest BCUT2D eigenvalue weighted by atomic mass is 16.5. The van der Waals surface area contributed by atoms with E-state index in [9.17, 15) is 9.59 Å². The number of hydrogen-bond donors (Lipinski definition) is 0. The van der Waals surface area contributed by atoms with Gasteiger partial charge in [-0.2, -0.15) is 0 Å². The first-order valence-electron chi connectivity index (χ1n) is 8.19. The number of carbonyl (C=O) groups is 2. The molecule has 5 heteroatoms. The van der Waals surface area contributed by atoms with Crippen LogP contribution in [0, 0.1) is 17.3 Å². The molecule has 1 aliphatic heterocycles. The number of nitrogens with zero attached hydrogens (tertiary/aromatic N) is 1. The molecule has 0 aromatic rings. The molecule has 132 valence electrons. The van der Waals surface area contributed by atoms with Crippen molar-refractivity contribution in [2.75, 3.05) is 20.7 Å². The van der Waals surface area contributed by atoms with Gasteiger partial charge < -0.3 is 14.4 Å². The molecule has 0 N–H and O–H groups in total. The Labute approximate surface area is 140 Å². The zero-order chi connectivity index (χ0) is 17.8. The fourth-order valence-electron chi connectivity index (χ4n) is 3.40. The summed E-state index contributed by atoms with van der Waals surface area (Å²) in [6.07, 6.45) is 4.51. The number of ether oxygens (including phenoxy) is 2. The Hall–Kier alpha value is -1.36. The SMILES string of the molecule is COC1(C)CC(C)CN(C)C=COC(=O)C(C)(C)C(=O)C(C)C1. The van der Waals surface area contributed by atoms with Crippen molar-refractivity contribution in [2.24, 2.45) is 17.3 Å². The first-order chi connectivity index (χ1) is 10.5. The van der Waals surface area contributed by atoms with Gasteiger partial charge in [-0.3, -0.25) is 9.59 Å². The normalized spacial score (nSPS) is 33.4. The number of esters is 1. The van der Waals surface area contributed by atoms with E-state index in [0.717, 1.165) is 13.0 Å². The first kappa shape index (κ1) is 19.7.